The molecule has 0 radical (unpaired) electrons. The molecule has 0 aliphatic heterocycles. The van der Waals surface area contributed by atoms with Gasteiger partial charge in [-0.3, -0.25) is 4.79 Å². The van der Waals surface area contributed by atoms with Crippen molar-refractivity contribution in [3.05, 3.63) is 46.6 Å². The molecule has 0 unspecified atom stereocenters. The monoisotopic (exact) mass is 325 g/mol. The van der Waals surface area contributed by atoms with Crippen LogP contribution in [0.3, 0.4) is 0 Å². The quantitative estimate of drug-likeness (QED) is 0.942. The zero-order valence-corrected chi connectivity index (χ0v) is 11.4. The van der Waals surface area contributed by atoms with Crippen molar-refractivity contribution in [2.45, 2.75) is 0 Å². The van der Waals surface area contributed by atoms with Crippen molar-refractivity contribution < 1.29 is 13.9 Å². The second-order valence-corrected chi connectivity index (χ2v) is 4.31. The fourth-order valence-corrected chi connectivity index (χ4v) is 1.66. The molecule has 0 fully saturated rings. The molecule has 1 N–H and O–H groups in total. The molecule has 98 valence electrons. The largest absolute Gasteiger partial charge is 0.496 e. The fraction of sp³-hybridized carbons (Fsp3) is 0.0833. The minimum Gasteiger partial charge on any atom is -0.496 e. The predicted octanol–water partition coefficient (Wildman–Crippen LogP) is 2.64. The van der Waals surface area contributed by atoms with Crippen LogP contribution >= 0.6 is 15.9 Å². The molecular weight excluding hydrogens is 317 g/mol. The number of carbonyl (C=O) groups excluding carboxylic acids is 1. The summed E-state index contributed by atoms with van der Waals surface area (Å²) in [5.41, 5.74) is -0.172. The second-order valence-electron chi connectivity index (χ2n) is 3.50. The Balaban J connectivity index is 2.27. The molecule has 2 aromatic rings. The minimum absolute atomic E-state index is 0.155. The lowest BCUT2D eigenvalue weighted by atomic mass is 10.1. The average Bonchev–Trinajstić information content (AvgIpc) is 2.40. The molecule has 0 atom stereocenters. The summed E-state index contributed by atoms with van der Waals surface area (Å²) >= 11 is 3.12. The van der Waals surface area contributed by atoms with E-state index >= 15 is 0 Å². The summed E-state index contributed by atoms with van der Waals surface area (Å²) in [5.74, 6) is -0.936. The summed E-state index contributed by atoms with van der Waals surface area (Å²) in [5, 5.41) is 2.45. The van der Waals surface area contributed by atoms with Crippen molar-refractivity contribution >= 4 is 27.7 Å². The van der Waals surface area contributed by atoms with Crippen LogP contribution in [0.25, 0.3) is 0 Å². The van der Waals surface area contributed by atoms with Gasteiger partial charge in [-0.25, -0.2) is 14.4 Å². The number of aromatic nitrogens is 2. The Hall–Kier alpha value is -2.02. The van der Waals surface area contributed by atoms with Crippen LogP contribution in [0, 0.1) is 5.82 Å². The number of hydrogen-bond donors (Lipinski definition) is 1. The van der Waals surface area contributed by atoms with Gasteiger partial charge < -0.3 is 10.1 Å². The number of carbonyl (C=O) groups is 1. The number of amides is 1. The Morgan fingerprint density at radius 3 is 2.79 bits per heavy atom. The molecule has 19 heavy (non-hydrogen) atoms. The Bertz CT molecular complexity index is 604. The van der Waals surface area contributed by atoms with E-state index in [9.17, 15) is 9.18 Å². The predicted molar refractivity (Wildman–Crippen MR) is 70.6 cm³/mol. The third-order valence-electron chi connectivity index (χ3n) is 2.28. The van der Waals surface area contributed by atoms with Crippen LogP contribution in [0.1, 0.15) is 10.4 Å². The first-order valence-corrected chi connectivity index (χ1v) is 6.02. The number of ether oxygens (including phenoxy) is 1. The number of methoxy groups -OCH3 is 1. The normalized spacial score (nSPS) is 10.1. The van der Waals surface area contributed by atoms with Gasteiger partial charge in [-0.2, -0.15) is 0 Å². The first-order chi connectivity index (χ1) is 9.11. The van der Waals surface area contributed by atoms with Gasteiger partial charge in [-0.15, -0.1) is 0 Å². The van der Waals surface area contributed by atoms with Gasteiger partial charge in [0.2, 0.25) is 0 Å². The number of nitrogens with one attached hydrogen (secondary N) is 1. The molecule has 0 saturated carbocycles. The summed E-state index contributed by atoms with van der Waals surface area (Å²) in [6.45, 7) is 0. The zero-order chi connectivity index (χ0) is 13.8. The average molecular weight is 326 g/mol. The smallest absolute Gasteiger partial charge is 0.263 e. The van der Waals surface area contributed by atoms with Gasteiger partial charge in [0.15, 0.2) is 5.82 Å². The first kappa shape index (κ1) is 13.4. The van der Waals surface area contributed by atoms with Crippen molar-refractivity contribution in [2.75, 3.05) is 12.4 Å². The van der Waals surface area contributed by atoms with E-state index in [4.69, 9.17) is 4.74 Å². The highest BCUT2D eigenvalue weighted by Gasteiger charge is 2.18. The summed E-state index contributed by atoms with van der Waals surface area (Å²) in [6.07, 6.45) is 2.78. The van der Waals surface area contributed by atoms with Crippen molar-refractivity contribution in [2.24, 2.45) is 0 Å². The van der Waals surface area contributed by atoms with Crippen LogP contribution in [-0.2, 0) is 0 Å². The van der Waals surface area contributed by atoms with E-state index in [-0.39, 0.29) is 17.1 Å². The molecule has 1 aromatic carbocycles. The molecule has 5 nitrogen and oxygen atoms in total. The van der Waals surface area contributed by atoms with Crippen LogP contribution in [0.4, 0.5) is 10.2 Å². The second kappa shape index (κ2) is 5.75. The van der Waals surface area contributed by atoms with Gasteiger partial charge in [-0.05, 0) is 28.1 Å². The third kappa shape index (κ3) is 3.05. The van der Waals surface area contributed by atoms with Gasteiger partial charge in [0.25, 0.3) is 5.91 Å². The highest BCUT2D eigenvalue weighted by atomic mass is 79.9. The molecule has 2 rings (SSSR count). The van der Waals surface area contributed by atoms with E-state index in [1.807, 2.05) is 0 Å². The standard InChI is InChI=1S/C12H9BrFN3O2/c1-19-8-4-2-3-7(14)11(8)12(18)17-10-6-15-9(13)5-16-10/h2-6H,1H3,(H,16,17,18). The van der Waals surface area contributed by atoms with Crippen LogP contribution in [-0.4, -0.2) is 23.0 Å². The molecule has 0 saturated heterocycles. The lowest BCUT2D eigenvalue weighted by Crippen LogP contribution is -2.16. The van der Waals surface area contributed by atoms with Crippen LogP contribution < -0.4 is 10.1 Å². The number of benzene rings is 1. The number of hydrogen-bond acceptors (Lipinski definition) is 4. The van der Waals surface area contributed by atoms with E-state index in [0.29, 0.717) is 4.60 Å². The van der Waals surface area contributed by atoms with Crippen molar-refractivity contribution in [3.8, 4) is 5.75 Å². The number of rotatable bonds is 3. The van der Waals surface area contributed by atoms with Gasteiger partial charge in [0.05, 0.1) is 19.5 Å². The van der Waals surface area contributed by atoms with E-state index in [1.54, 1.807) is 0 Å². The van der Waals surface area contributed by atoms with E-state index in [0.717, 1.165) is 0 Å². The van der Waals surface area contributed by atoms with E-state index in [2.05, 4.69) is 31.2 Å². The summed E-state index contributed by atoms with van der Waals surface area (Å²) in [7, 11) is 1.37. The van der Waals surface area contributed by atoms with Gasteiger partial charge in [-0.1, -0.05) is 6.07 Å². The third-order valence-corrected chi connectivity index (χ3v) is 2.69. The summed E-state index contributed by atoms with van der Waals surface area (Å²) in [6, 6.07) is 4.15. The van der Waals surface area contributed by atoms with Crippen LogP contribution in [0.15, 0.2) is 35.2 Å². The number of halogens is 2. The molecule has 0 bridgehead atoms. The SMILES string of the molecule is COc1cccc(F)c1C(=O)Nc1cnc(Br)cn1. The summed E-state index contributed by atoms with van der Waals surface area (Å²) < 4.78 is 19.2. The molecule has 1 aromatic heterocycles. The zero-order valence-electron chi connectivity index (χ0n) is 9.85. The molecule has 7 heteroatoms. The highest BCUT2D eigenvalue weighted by molar-refractivity contribution is 9.10. The van der Waals surface area contributed by atoms with E-state index in [1.165, 1.54) is 37.7 Å². The maximum atomic E-state index is 13.7. The Morgan fingerprint density at radius 2 is 2.16 bits per heavy atom. The Morgan fingerprint density at radius 1 is 1.37 bits per heavy atom. The molecule has 1 heterocycles. The van der Waals surface area contributed by atoms with Crippen LogP contribution in [0.2, 0.25) is 0 Å². The van der Waals surface area contributed by atoms with Crippen molar-refractivity contribution in [3.63, 3.8) is 0 Å². The van der Waals surface area contributed by atoms with Crippen molar-refractivity contribution in [1.29, 1.82) is 0 Å². The lowest BCUT2D eigenvalue weighted by Gasteiger charge is -2.09. The fourth-order valence-electron chi connectivity index (χ4n) is 1.45. The van der Waals surface area contributed by atoms with Crippen molar-refractivity contribution in [1.82, 2.24) is 9.97 Å². The topological polar surface area (TPSA) is 64.1 Å². The highest BCUT2D eigenvalue weighted by Crippen LogP contribution is 2.22. The lowest BCUT2D eigenvalue weighted by molar-refractivity contribution is 0.101. The summed E-state index contributed by atoms with van der Waals surface area (Å²) in [4.78, 5) is 19.8. The molecule has 0 spiro atoms. The van der Waals surface area contributed by atoms with E-state index < -0.39 is 11.7 Å². The molecular formula is C12H9BrFN3O2. The molecule has 1 amide bonds. The Labute approximate surface area is 117 Å². The first-order valence-electron chi connectivity index (χ1n) is 5.23. The van der Waals surface area contributed by atoms with Gasteiger partial charge in [0, 0.05) is 0 Å². The van der Waals surface area contributed by atoms with Gasteiger partial charge >= 0.3 is 0 Å². The maximum Gasteiger partial charge on any atom is 0.263 e. The van der Waals surface area contributed by atoms with Gasteiger partial charge in [0.1, 0.15) is 21.7 Å². The number of nitrogens with zero attached hydrogens (tertiary/aromatic N) is 2. The van der Waals surface area contributed by atoms with Crippen LogP contribution in [0.5, 0.6) is 5.75 Å². The molecule has 0 aliphatic rings. The number of anilines is 1. The minimum atomic E-state index is -0.665. The Kier molecular flexibility index (Phi) is 4.06. The molecule has 0 aliphatic carbocycles. The maximum absolute atomic E-state index is 13.7.